The molecule has 1 aliphatic rings. The predicted molar refractivity (Wildman–Crippen MR) is 85.1 cm³/mol. The molecule has 1 aromatic heterocycles. The Bertz CT molecular complexity index is 527. The molecule has 3 rings (SSSR count). The number of hydrogen-bond donors (Lipinski definition) is 1. The monoisotopic (exact) mass is 290 g/mol. The molecule has 0 amide bonds. The molecule has 1 N–H and O–H groups in total. The highest BCUT2D eigenvalue weighted by Gasteiger charge is 2.20. The van der Waals surface area contributed by atoms with Crippen LogP contribution in [0.2, 0.25) is 0 Å². The second-order valence-corrected chi connectivity index (χ2v) is 7.10. The van der Waals surface area contributed by atoms with E-state index in [-0.39, 0.29) is 0 Å². The van der Waals surface area contributed by atoms with Crippen LogP contribution in [0.3, 0.4) is 0 Å². The molecule has 4 heteroatoms. The summed E-state index contributed by atoms with van der Waals surface area (Å²) in [4.78, 5) is 4.76. The summed E-state index contributed by atoms with van der Waals surface area (Å²) in [7, 11) is 0. The van der Waals surface area contributed by atoms with Crippen LogP contribution in [0.1, 0.15) is 34.4 Å². The van der Waals surface area contributed by atoms with Crippen molar-refractivity contribution in [3.05, 3.63) is 45.9 Å². The Labute approximate surface area is 122 Å². The van der Waals surface area contributed by atoms with E-state index in [1.165, 1.54) is 29.2 Å². The molecule has 1 unspecified atom stereocenters. The van der Waals surface area contributed by atoms with Gasteiger partial charge < -0.3 is 5.32 Å². The van der Waals surface area contributed by atoms with E-state index in [1.807, 2.05) is 11.3 Å². The number of rotatable bonds is 4. The number of nitrogens with one attached hydrogen (secondary N) is 1. The Balaban J connectivity index is 1.59. The Hall–Kier alpha value is -1.00. The fourth-order valence-electron chi connectivity index (χ4n) is 2.19. The van der Waals surface area contributed by atoms with E-state index in [9.17, 15) is 0 Å². The van der Waals surface area contributed by atoms with E-state index in [0.29, 0.717) is 5.25 Å². The second-order valence-electron chi connectivity index (χ2n) is 4.90. The van der Waals surface area contributed by atoms with Gasteiger partial charge in [0.05, 0.1) is 17.5 Å². The van der Waals surface area contributed by atoms with Crippen molar-refractivity contribution in [3.8, 4) is 0 Å². The third-order valence-corrected chi connectivity index (χ3v) is 5.84. The van der Waals surface area contributed by atoms with Gasteiger partial charge in [-0.2, -0.15) is 11.8 Å². The lowest BCUT2D eigenvalue weighted by molar-refractivity contribution is 0.817. The lowest BCUT2D eigenvalue weighted by Gasteiger charge is -2.05. The highest BCUT2D eigenvalue weighted by molar-refractivity contribution is 7.99. The van der Waals surface area contributed by atoms with E-state index in [0.717, 1.165) is 17.9 Å². The highest BCUT2D eigenvalue weighted by atomic mass is 32.2. The Morgan fingerprint density at radius 1 is 1.32 bits per heavy atom. The van der Waals surface area contributed by atoms with Gasteiger partial charge in [0.1, 0.15) is 5.01 Å². The maximum atomic E-state index is 4.76. The zero-order chi connectivity index (χ0) is 13.1. The Morgan fingerprint density at radius 2 is 2.16 bits per heavy atom. The van der Waals surface area contributed by atoms with E-state index in [1.54, 1.807) is 0 Å². The van der Waals surface area contributed by atoms with Gasteiger partial charge in [0.2, 0.25) is 0 Å². The molecule has 1 saturated heterocycles. The van der Waals surface area contributed by atoms with Gasteiger partial charge in [-0.15, -0.1) is 11.3 Å². The number of benzene rings is 1. The van der Waals surface area contributed by atoms with Crippen molar-refractivity contribution in [2.45, 2.75) is 31.6 Å². The van der Waals surface area contributed by atoms with Crippen molar-refractivity contribution in [2.75, 3.05) is 11.1 Å². The third-order valence-electron chi connectivity index (χ3n) is 3.30. The first kappa shape index (κ1) is 13.0. The third kappa shape index (κ3) is 3.31. The van der Waals surface area contributed by atoms with Crippen molar-refractivity contribution in [1.82, 2.24) is 4.98 Å². The molecular weight excluding hydrogens is 272 g/mol. The minimum atomic E-state index is 0.651. The van der Waals surface area contributed by atoms with Crippen LogP contribution in [0, 0.1) is 6.92 Å². The van der Waals surface area contributed by atoms with Gasteiger partial charge in [0.25, 0.3) is 0 Å². The summed E-state index contributed by atoms with van der Waals surface area (Å²) in [6.07, 6.45) is 2.63. The number of anilines is 1. The summed E-state index contributed by atoms with van der Waals surface area (Å²) in [6, 6.07) is 8.50. The molecule has 0 radical (unpaired) electrons. The van der Waals surface area contributed by atoms with Gasteiger partial charge in [-0.25, -0.2) is 4.98 Å². The van der Waals surface area contributed by atoms with E-state index >= 15 is 0 Å². The highest BCUT2D eigenvalue weighted by Crippen LogP contribution is 2.40. The van der Waals surface area contributed by atoms with Gasteiger partial charge >= 0.3 is 0 Å². The first-order chi connectivity index (χ1) is 9.31. The average Bonchev–Trinajstić information content (AvgIpc) is 3.09. The van der Waals surface area contributed by atoms with Crippen molar-refractivity contribution < 1.29 is 0 Å². The maximum absolute atomic E-state index is 4.76. The van der Waals surface area contributed by atoms with Gasteiger partial charge in [0.15, 0.2) is 0 Å². The van der Waals surface area contributed by atoms with E-state index in [2.05, 4.69) is 53.6 Å². The summed E-state index contributed by atoms with van der Waals surface area (Å²) in [5, 5.41) is 7.58. The van der Waals surface area contributed by atoms with Gasteiger partial charge in [-0.05, 0) is 37.7 Å². The van der Waals surface area contributed by atoms with Crippen LogP contribution in [-0.2, 0) is 6.54 Å². The molecule has 2 heterocycles. The smallest absolute Gasteiger partial charge is 0.106 e. The zero-order valence-electron chi connectivity index (χ0n) is 11.1. The first-order valence-electron chi connectivity index (χ1n) is 6.68. The van der Waals surface area contributed by atoms with Crippen LogP contribution >= 0.6 is 23.1 Å². The Morgan fingerprint density at radius 3 is 2.89 bits per heavy atom. The van der Waals surface area contributed by atoms with Gasteiger partial charge in [-0.1, -0.05) is 17.7 Å². The summed E-state index contributed by atoms with van der Waals surface area (Å²) in [5.41, 5.74) is 3.61. The number of aryl methyl sites for hydroxylation is 1. The summed E-state index contributed by atoms with van der Waals surface area (Å²) in [5.74, 6) is 1.29. The lowest BCUT2D eigenvalue weighted by Crippen LogP contribution is -2.00. The van der Waals surface area contributed by atoms with Crippen LogP contribution in [0.4, 0.5) is 5.69 Å². The average molecular weight is 290 g/mol. The molecule has 0 spiro atoms. The predicted octanol–water partition coefficient (Wildman–Crippen LogP) is 4.63. The van der Waals surface area contributed by atoms with Crippen molar-refractivity contribution in [2.24, 2.45) is 0 Å². The van der Waals surface area contributed by atoms with Gasteiger partial charge in [-0.3, -0.25) is 0 Å². The number of thiazole rings is 1. The topological polar surface area (TPSA) is 24.9 Å². The molecule has 0 saturated carbocycles. The first-order valence-corrected chi connectivity index (χ1v) is 8.60. The molecule has 19 heavy (non-hydrogen) atoms. The van der Waals surface area contributed by atoms with Crippen molar-refractivity contribution in [1.29, 1.82) is 0 Å². The quantitative estimate of drug-likeness (QED) is 0.888. The summed E-state index contributed by atoms with van der Waals surface area (Å²) >= 11 is 3.86. The van der Waals surface area contributed by atoms with Crippen LogP contribution < -0.4 is 5.32 Å². The van der Waals surface area contributed by atoms with Crippen LogP contribution in [0.25, 0.3) is 0 Å². The van der Waals surface area contributed by atoms with Crippen LogP contribution in [0.5, 0.6) is 0 Å². The molecular formula is C15H18N2S2. The number of nitrogens with zero attached hydrogens (tertiary/aromatic N) is 1. The fourth-order valence-corrected chi connectivity index (χ4v) is 4.54. The Kier molecular flexibility index (Phi) is 4.09. The second kappa shape index (κ2) is 5.97. The van der Waals surface area contributed by atoms with Gasteiger partial charge in [0, 0.05) is 11.1 Å². The van der Waals surface area contributed by atoms with Crippen LogP contribution in [0.15, 0.2) is 29.6 Å². The molecule has 2 nitrogen and oxygen atoms in total. The number of hydrogen-bond acceptors (Lipinski definition) is 4. The van der Waals surface area contributed by atoms with E-state index < -0.39 is 0 Å². The standard InChI is InChI=1S/C15H18N2S2/c1-11-4-6-12(7-5-11)16-9-13-10-19-15(17-13)14-3-2-8-18-14/h4-7,10,14,16H,2-3,8-9H2,1H3. The molecule has 100 valence electrons. The van der Waals surface area contributed by atoms with Crippen molar-refractivity contribution in [3.63, 3.8) is 0 Å². The van der Waals surface area contributed by atoms with E-state index in [4.69, 9.17) is 4.98 Å². The molecule has 2 aromatic rings. The normalized spacial score (nSPS) is 18.7. The SMILES string of the molecule is Cc1ccc(NCc2csc(C3CCCS3)n2)cc1. The summed E-state index contributed by atoms with van der Waals surface area (Å²) in [6.45, 7) is 2.92. The fraction of sp³-hybridized carbons (Fsp3) is 0.400. The molecule has 1 fully saturated rings. The molecule has 1 aromatic carbocycles. The zero-order valence-corrected chi connectivity index (χ0v) is 12.7. The van der Waals surface area contributed by atoms with Crippen LogP contribution in [-0.4, -0.2) is 10.7 Å². The molecule has 0 bridgehead atoms. The largest absolute Gasteiger partial charge is 0.379 e. The maximum Gasteiger partial charge on any atom is 0.106 e. The molecule has 1 aliphatic heterocycles. The number of aromatic nitrogens is 1. The molecule has 1 atom stereocenters. The number of thioether (sulfide) groups is 1. The minimum Gasteiger partial charge on any atom is -0.379 e. The summed E-state index contributed by atoms with van der Waals surface area (Å²) < 4.78 is 0. The lowest BCUT2D eigenvalue weighted by atomic mass is 10.2. The van der Waals surface area contributed by atoms with Crippen molar-refractivity contribution >= 4 is 28.8 Å². The molecule has 0 aliphatic carbocycles. The minimum absolute atomic E-state index is 0.651.